The molecule has 2 unspecified atom stereocenters. The first kappa shape index (κ1) is 11.2. The summed E-state index contributed by atoms with van der Waals surface area (Å²) in [5, 5.41) is 3.44. The van der Waals surface area contributed by atoms with Crippen LogP contribution in [-0.2, 0) is 0 Å². The summed E-state index contributed by atoms with van der Waals surface area (Å²) in [4.78, 5) is 8.07. The van der Waals surface area contributed by atoms with Crippen molar-refractivity contribution >= 4 is 11.5 Å². The van der Waals surface area contributed by atoms with Gasteiger partial charge in [0.15, 0.2) is 5.82 Å². The van der Waals surface area contributed by atoms with E-state index in [4.69, 9.17) is 5.73 Å². The van der Waals surface area contributed by atoms with Crippen molar-refractivity contribution in [1.29, 1.82) is 0 Å². The van der Waals surface area contributed by atoms with Gasteiger partial charge in [-0.3, -0.25) is 0 Å². The fourth-order valence-corrected chi connectivity index (χ4v) is 2.45. The van der Waals surface area contributed by atoms with Crippen LogP contribution in [0.1, 0.15) is 39.0 Å². The van der Waals surface area contributed by atoms with Crippen LogP contribution in [0.5, 0.6) is 0 Å². The van der Waals surface area contributed by atoms with Crippen LogP contribution in [0.4, 0.5) is 11.5 Å². The van der Waals surface area contributed by atoms with E-state index in [9.17, 15) is 0 Å². The second-order valence-electron chi connectivity index (χ2n) is 4.61. The molecule has 1 heterocycles. The molecule has 0 aromatic carbocycles. The number of nitrogen functional groups attached to an aromatic ring is 1. The van der Waals surface area contributed by atoms with E-state index >= 15 is 0 Å². The number of anilines is 2. The SMILES string of the molecule is CCC1CCCC(Nc2ncncc2N)C1. The standard InChI is InChI=1S/C12H20N4/c1-2-9-4-3-5-10(6-9)16-12-11(13)7-14-8-15-12/h7-10H,2-6,13H2,1H3,(H,14,15,16). The fraction of sp³-hybridized carbons (Fsp3) is 0.667. The normalized spacial score (nSPS) is 25.3. The van der Waals surface area contributed by atoms with Gasteiger partial charge in [-0.05, 0) is 18.8 Å². The van der Waals surface area contributed by atoms with Crippen LogP contribution < -0.4 is 11.1 Å². The molecule has 1 saturated carbocycles. The third-order valence-corrected chi connectivity index (χ3v) is 3.44. The Labute approximate surface area is 96.7 Å². The van der Waals surface area contributed by atoms with E-state index in [1.54, 1.807) is 12.5 Å². The Hall–Kier alpha value is -1.32. The van der Waals surface area contributed by atoms with Crippen molar-refractivity contribution < 1.29 is 0 Å². The van der Waals surface area contributed by atoms with E-state index in [1.165, 1.54) is 32.1 Å². The lowest BCUT2D eigenvalue weighted by molar-refractivity contribution is 0.327. The number of aromatic nitrogens is 2. The molecule has 88 valence electrons. The van der Waals surface area contributed by atoms with Gasteiger partial charge in [-0.1, -0.05) is 26.2 Å². The van der Waals surface area contributed by atoms with E-state index in [0.29, 0.717) is 11.7 Å². The minimum Gasteiger partial charge on any atom is -0.394 e. The third kappa shape index (κ3) is 2.62. The van der Waals surface area contributed by atoms with Gasteiger partial charge in [-0.2, -0.15) is 0 Å². The van der Waals surface area contributed by atoms with Crippen LogP contribution in [-0.4, -0.2) is 16.0 Å². The predicted molar refractivity (Wildman–Crippen MR) is 66.1 cm³/mol. The van der Waals surface area contributed by atoms with E-state index < -0.39 is 0 Å². The van der Waals surface area contributed by atoms with Crippen LogP contribution in [0.15, 0.2) is 12.5 Å². The zero-order valence-electron chi connectivity index (χ0n) is 9.82. The Kier molecular flexibility index (Phi) is 3.59. The molecular weight excluding hydrogens is 200 g/mol. The smallest absolute Gasteiger partial charge is 0.152 e. The molecule has 16 heavy (non-hydrogen) atoms. The molecule has 0 aliphatic heterocycles. The van der Waals surface area contributed by atoms with E-state index in [1.807, 2.05) is 0 Å². The topological polar surface area (TPSA) is 63.8 Å². The van der Waals surface area contributed by atoms with Gasteiger partial charge < -0.3 is 11.1 Å². The largest absolute Gasteiger partial charge is 0.394 e. The summed E-state index contributed by atoms with van der Waals surface area (Å²) in [6, 6.07) is 0.524. The number of hydrogen-bond donors (Lipinski definition) is 2. The lowest BCUT2D eigenvalue weighted by Crippen LogP contribution is -2.27. The van der Waals surface area contributed by atoms with E-state index in [2.05, 4.69) is 22.2 Å². The van der Waals surface area contributed by atoms with Crippen molar-refractivity contribution in [2.24, 2.45) is 5.92 Å². The summed E-state index contributed by atoms with van der Waals surface area (Å²) < 4.78 is 0. The monoisotopic (exact) mass is 220 g/mol. The number of nitrogens with one attached hydrogen (secondary N) is 1. The van der Waals surface area contributed by atoms with Crippen molar-refractivity contribution in [3.63, 3.8) is 0 Å². The summed E-state index contributed by atoms with van der Waals surface area (Å²) in [6.45, 7) is 2.27. The average molecular weight is 220 g/mol. The number of rotatable bonds is 3. The van der Waals surface area contributed by atoms with Crippen molar-refractivity contribution in [2.45, 2.75) is 45.1 Å². The Morgan fingerprint density at radius 2 is 2.38 bits per heavy atom. The maximum absolute atomic E-state index is 5.82. The first-order valence-corrected chi connectivity index (χ1v) is 6.11. The van der Waals surface area contributed by atoms with Crippen LogP contribution in [0.25, 0.3) is 0 Å². The molecule has 0 bridgehead atoms. The minimum atomic E-state index is 0.524. The Balaban J connectivity index is 1.97. The molecule has 2 atom stereocenters. The van der Waals surface area contributed by atoms with Crippen molar-refractivity contribution in [3.8, 4) is 0 Å². The number of hydrogen-bond acceptors (Lipinski definition) is 4. The summed E-state index contributed by atoms with van der Waals surface area (Å²) >= 11 is 0. The highest BCUT2D eigenvalue weighted by atomic mass is 15.1. The molecule has 0 radical (unpaired) electrons. The van der Waals surface area contributed by atoms with E-state index in [-0.39, 0.29) is 0 Å². The third-order valence-electron chi connectivity index (χ3n) is 3.44. The van der Waals surface area contributed by atoms with Gasteiger partial charge in [0.1, 0.15) is 6.33 Å². The van der Waals surface area contributed by atoms with Gasteiger partial charge in [-0.25, -0.2) is 9.97 Å². The lowest BCUT2D eigenvalue weighted by atomic mass is 9.84. The quantitative estimate of drug-likeness (QED) is 0.821. The molecule has 1 aliphatic rings. The van der Waals surface area contributed by atoms with Gasteiger partial charge in [-0.15, -0.1) is 0 Å². The molecule has 1 fully saturated rings. The van der Waals surface area contributed by atoms with Crippen molar-refractivity contribution in [1.82, 2.24) is 9.97 Å². The second-order valence-corrected chi connectivity index (χ2v) is 4.61. The van der Waals surface area contributed by atoms with Crippen LogP contribution in [0.2, 0.25) is 0 Å². The van der Waals surface area contributed by atoms with Gasteiger partial charge >= 0.3 is 0 Å². The molecule has 3 N–H and O–H groups in total. The van der Waals surface area contributed by atoms with Crippen LogP contribution >= 0.6 is 0 Å². The summed E-state index contributed by atoms with van der Waals surface area (Å²) in [5.74, 6) is 1.64. The van der Waals surface area contributed by atoms with E-state index in [0.717, 1.165) is 11.7 Å². The maximum Gasteiger partial charge on any atom is 0.152 e. The van der Waals surface area contributed by atoms with Crippen molar-refractivity contribution in [3.05, 3.63) is 12.5 Å². The average Bonchev–Trinajstić information content (AvgIpc) is 2.32. The fourth-order valence-electron chi connectivity index (χ4n) is 2.45. The molecular formula is C12H20N4. The number of nitrogens with zero attached hydrogens (tertiary/aromatic N) is 2. The molecule has 0 spiro atoms. The minimum absolute atomic E-state index is 0.524. The van der Waals surface area contributed by atoms with Gasteiger partial charge in [0, 0.05) is 6.04 Å². The molecule has 4 nitrogen and oxygen atoms in total. The molecule has 2 rings (SSSR count). The predicted octanol–water partition coefficient (Wildman–Crippen LogP) is 2.44. The second kappa shape index (κ2) is 5.14. The Morgan fingerprint density at radius 1 is 1.50 bits per heavy atom. The number of nitrogens with two attached hydrogens (primary N) is 1. The van der Waals surface area contributed by atoms with Crippen LogP contribution in [0.3, 0.4) is 0 Å². The lowest BCUT2D eigenvalue weighted by Gasteiger charge is -2.29. The zero-order chi connectivity index (χ0) is 11.4. The molecule has 1 aliphatic carbocycles. The molecule has 0 saturated heterocycles. The molecule has 0 amide bonds. The first-order chi connectivity index (χ1) is 7.79. The van der Waals surface area contributed by atoms with Gasteiger partial charge in [0.2, 0.25) is 0 Å². The highest BCUT2D eigenvalue weighted by Crippen LogP contribution is 2.29. The zero-order valence-corrected chi connectivity index (χ0v) is 9.82. The summed E-state index contributed by atoms with van der Waals surface area (Å²) in [5.41, 5.74) is 6.46. The highest BCUT2D eigenvalue weighted by Gasteiger charge is 2.21. The molecule has 1 aromatic heterocycles. The van der Waals surface area contributed by atoms with Gasteiger partial charge in [0.05, 0.1) is 11.9 Å². The maximum atomic E-state index is 5.82. The Bertz CT molecular complexity index is 340. The molecule has 4 heteroatoms. The summed E-state index contributed by atoms with van der Waals surface area (Å²) in [6.07, 6.45) is 9.60. The summed E-state index contributed by atoms with van der Waals surface area (Å²) in [7, 11) is 0. The van der Waals surface area contributed by atoms with Crippen LogP contribution in [0, 0.1) is 5.92 Å². The highest BCUT2D eigenvalue weighted by molar-refractivity contribution is 5.59. The first-order valence-electron chi connectivity index (χ1n) is 6.11. The molecule has 1 aromatic rings. The Morgan fingerprint density at radius 3 is 3.12 bits per heavy atom. The van der Waals surface area contributed by atoms with Crippen molar-refractivity contribution in [2.75, 3.05) is 11.1 Å². The van der Waals surface area contributed by atoms with Gasteiger partial charge in [0.25, 0.3) is 0 Å².